The lowest BCUT2D eigenvalue weighted by molar-refractivity contribution is 0.0825. The van der Waals surface area contributed by atoms with Crippen LogP contribution < -0.4 is 14.2 Å². The van der Waals surface area contributed by atoms with E-state index in [1.54, 1.807) is 27.4 Å². The van der Waals surface area contributed by atoms with E-state index in [0.29, 0.717) is 47.1 Å². The van der Waals surface area contributed by atoms with Crippen LogP contribution in [0.3, 0.4) is 0 Å². The summed E-state index contributed by atoms with van der Waals surface area (Å²) in [7, 11) is 6.91. The summed E-state index contributed by atoms with van der Waals surface area (Å²) in [6, 6.07) is 14.6. The Balaban J connectivity index is 1.52. The molecule has 1 aliphatic rings. The van der Waals surface area contributed by atoms with E-state index in [1.807, 2.05) is 12.1 Å². The highest BCUT2D eigenvalue weighted by molar-refractivity contribution is 5.72. The number of likely N-dealkylation sites (N-methyl/N-ethyl adjacent to an activating group) is 1. The molecule has 8 heteroatoms. The first-order chi connectivity index (χ1) is 15.1. The van der Waals surface area contributed by atoms with Gasteiger partial charge in [-0.3, -0.25) is 9.80 Å². The third kappa shape index (κ3) is 4.35. The summed E-state index contributed by atoms with van der Waals surface area (Å²) in [6.45, 7) is 3.42. The van der Waals surface area contributed by atoms with Crippen molar-refractivity contribution in [1.82, 2.24) is 19.9 Å². The molecule has 1 fully saturated rings. The van der Waals surface area contributed by atoms with Crippen molar-refractivity contribution >= 4 is 0 Å². The van der Waals surface area contributed by atoms with Crippen molar-refractivity contribution < 1.29 is 18.7 Å². The first kappa shape index (κ1) is 21.1. The molecule has 164 valence electrons. The molecule has 1 aliphatic heterocycles. The second-order valence-electron chi connectivity index (χ2n) is 7.54. The molecule has 0 spiro atoms. The molecule has 0 radical (unpaired) electrons. The molecular weight excluding hydrogens is 396 g/mol. The molecule has 0 saturated carbocycles. The smallest absolute Gasteiger partial charge is 0.241 e. The number of ether oxygens (including phenoxy) is 3. The van der Waals surface area contributed by atoms with Gasteiger partial charge < -0.3 is 18.7 Å². The summed E-state index contributed by atoms with van der Waals surface area (Å²) in [6.07, 6.45) is 0. The van der Waals surface area contributed by atoms with Gasteiger partial charge in [0.15, 0.2) is 11.5 Å². The maximum atomic E-state index is 5.58. The van der Waals surface area contributed by atoms with E-state index in [9.17, 15) is 0 Å². The van der Waals surface area contributed by atoms with Crippen LogP contribution in [0.4, 0.5) is 0 Å². The number of hydrogen-bond acceptors (Lipinski definition) is 8. The van der Waals surface area contributed by atoms with Crippen LogP contribution in [0, 0.1) is 0 Å². The number of rotatable bonds is 7. The lowest BCUT2D eigenvalue weighted by Gasteiger charge is -2.39. The molecule has 8 nitrogen and oxygen atoms in total. The summed E-state index contributed by atoms with van der Waals surface area (Å²) in [5.74, 6) is 2.62. The minimum absolute atomic E-state index is 0.336. The Labute approximate surface area is 182 Å². The Kier molecular flexibility index (Phi) is 6.39. The van der Waals surface area contributed by atoms with Crippen molar-refractivity contribution in [1.29, 1.82) is 0 Å². The normalized spacial score (nSPS) is 17.5. The largest absolute Gasteiger partial charge is 0.493 e. The molecule has 0 unspecified atom stereocenters. The van der Waals surface area contributed by atoms with Gasteiger partial charge in [-0.25, -0.2) is 0 Å². The highest BCUT2D eigenvalue weighted by Gasteiger charge is 2.27. The van der Waals surface area contributed by atoms with Crippen LogP contribution in [0.25, 0.3) is 11.4 Å². The SMILES string of the molecule is COc1ccc(-c2noc(CN3CCN(C)[C@@H](c4ccccc4)C3)n2)c(OC)c1OC. The maximum Gasteiger partial charge on any atom is 0.241 e. The Morgan fingerprint density at radius 3 is 2.45 bits per heavy atom. The van der Waals surface area contributed by atoms with Gasteiger partial charge in [-0.05, 0) is 24.7 Å². The van der Waals surface area contributed by atoms with E-state index in [-0.39, 0.29) is 0 Å². The predicted molar refractivity (Wildman–Crippen MR) is 116 cm³/mol. The molecule has 0 aliphatic carbocycles. The second-order valence-corrected chi connectivity index (χ2v) is 7.54. The van der Waals surface area contributed by atoms with E-state index in [0.717, 1.165) is 19.6 Å². The van der Waals surface area contributed by atoms with Gasteiger partial charge in [0, 0.05) is 25.7 Å². The molecule has 2 aromatic carbocycles. The van der Waals surface area contributed by atoms with Gasteiger partial charge in [0.2, 0.25) is 17.5 Å². The van der Waals surface area contributed by atoms with Crippen molar-refractivity contribution in [2.75, 3.05) is 48.0 Å². The molecule has 0 amide bonds. The summed E-state index contributed by atoms with van der Waals surface area (Å²) in [5.41, 5.74) is 2.01. The molecule has 0 bridgehead atoms. The Hall–Kier alpha value is -3.10. The minimum atomic E-state index is 0.336. The number of benzene rings is 2. The number of nitrogens with zero attached hydrogens (tertiary/aromatic N) is 4. The average Bonchev–Trinajstić information content (AvgIpc) is 3.27. The standard InChI is InChI=1S/C23H28N4O4/c1-26-12-13-27(14-18(26)16-8-6-5-7-9-16)15-20-24-23(25-31-20)17-10-11-19(28-2)22(30-4)21(17)29-3/h5-11,18H,12-15H2,1-4H3/t18-/m1/s1. The number of aromatic nitrogens is 2. The zero-order chi connectivity index (χ0) is 21.8. The molecule has 0 N–H and O–H groups in total. The molecule has 4 rings (SSSR count). The van der Waals surface area contributed by atoms with Crippen LogP contribution >= 0.6 is 0 Å². The van der Waals surface area contributed by atoms with Crippen LogP contribution in [0.2, 0.25) is 0 Å². The van der Waals surface area contributed by atoms with Gasteiger partial charge >= 0.3 is 0 Å². The maximum absolute atomic E-state index is 5.58. The number of methoxy groups -OCH3 is 3. The third-order valence-corrected chi connectivity index (χ3v) is 5.69. The van der Waals surface area contributed by atoms with Crippen LogP contribution in [0.15, 0.2) is 47.0 Å². The lowest BCUT2D eigenvalue weighted by Crippen LogP contribution is -2.46. The summed E-state index contributed by atoms with van der Waals surface area (Å²) in [5, 5.41) is 4.18. The fraction of sp³-hybridized carbons (Fsp3) is 0.391. The first-order valence-electron chi connectivity index (χ1n) is 10.2. The fourth-order valence-electron chi connectivity index (χ4n) is 4.01. The lowest BCUT2D eigenvalue weighted by atomic mass is 10.0. The Morgan fingerprint density at radius 1 is 0.968 bits per heavy atom. The summed E-state index contributed by atoms with van der Waals surface area (Å²) >= 11 is 0. The van der Waals surface area contributed by atoms with Crippen molar-refractivity contribution in [2.24, 2.45) is 0 Å². The average molecular weight is 425 g/mol. The molecule has 3 aromatic rings. The highest BCUT2D eigenvalue weighted by atomic mass is 16.5. The highest BCUT2D eigenvalue weighted by Crippen LogP contribution is 2.43. The van der Waals surface area contributed by atoms with Gasteiger partial charge in [-0.2, -0.15) is 4.98 Å². The predicted octanol–water partition coefficient (Wildman–Crippen LogP) is 3.25. The van der Waals surface area contributed by atoms with Crippen LogP contribution in [-0.4, -0.2) is 68.0 Å². The Bertz CT molecular complexity index is 1010. The molecule has 1 atom stereocenters. The van der Waals surface area contributed by atoms with E-state index in [2.05, 4.69) is 51.3 Å². The fourth-order valence-corrected chi connectivity index (χ4v) is 4.01. The van der Waals surface area contributed by atoms with Crippen molar-refractivity contribution in [3.8, 4) is 28.6 Å². The number of hydrogen-bond donors (Lipinski definition) is 0. The Morgan fingerprint density at radius 2 is 1.74 bits per heavy atom. The van der Waals surface area contributed by atoms with Gasteiger partial charge in [0.25, 0.3) is 0 Å². The van der Waals surface area contributed by atoms with Crippen LogP contribution in [-0.2, 0) is 6.54 Å². The van der Waals surface area contributed by atoms with Crippen molar-refractivity contribution in [2.45, 2.75) is 12.6 Å². The van der Waals surface area contributed by atoms with Crippen LogP contribution in [0.1, 0.15) is 17.5 Å². The van der Waals surface area contributed by atoms with Gasteiger partial charge in [-0.1, -0.05) is 35.5 Å². The van der Waals surface area contributed by atoms with E-state index >= 15 is 0 Å². The topological polar surface area (TPSA) is 73.1 Å². The van der Waals surface area contributed by atoms with Crippen molar-refractivity contribution in [3.63, 3.8) is 0 Å². The minimum Gasteiger partial charge on any atom is -0.493 e. The molecule has 1 aromatic heterocycles. The number of piperazine rings is 1. The van der Waals surface area contributed by atoms with Gasteiger partial charge in [0.05, 0.1) is 33.4 Å². The third-order valence-electron chi connectivity index (χ3n) is 5.69. The molecule has 2 heterocycles. The van der Waals surface area contributed by atoms with Gasteiger partial charge in [-0.15, -0.1) is 0 Å². The zero-order valence-corrected chi connectivity index (χ0v) is 18.4. The zero-order valence-electron chi connectivity index (χ0n) is 18.4. The van der Waals surface area contributed by atoms with E-state index in [4.69, 9.17) is 18.7 Å². The quantitative estimate of drug-likeness (QED) is 0.572. The van der Waals surface area contributed by atoms with E-state index < -0.39 is 0 Å². The molecule has 1 saturated heterocycles. The molecular formula is C23H28N4O4. The summed E-state index contributed by atoms with van der Waals surface area (Å²) in [4.78, 5) is 9.36. The van der Waals surface area contributed by atoms with Crippen molar-refractivity contribution in [3.05, 3.63) is 53.9 Å². The summed E-state index contributed by atoms with van der Waals surface area (Å²) < 4.78 is 21.9. The van der Waals surface area contributed by atoms with Gasteiger partial charge in [0.1, 0.15) is 0 Å². The second kappa shape index (κ2) is 9.36. The first-order valence-corrected chi connectivity index (χ1v) is 10.2. The molecule has 31 heavy (non-hydrogen) atoms. The monoisotopic (exact) mass is 424 g/mol. The van der Waals surface area contributed by atoms with Crippen LogP contribution in [0.5, 0.6) is 17.2 Å². The van der Waals surface area contributed by atoms with E-state index in [1.165, 1.54) is 5.56 Å².